The lowest BCUT2D eigenvalue weighted by atomic mass is 9.96. The fraction of sp³-hybridized carbons (Fsp3) is 0.643. The first-order chi connectivity index (χ1) is 8.79. The maximum Gasteiger partial charge on any atom is 0.0621 e. The Morgan fingerprint density at radius 3 is 2.89 bits per heavy atom. The molecule has 1 atom stereocenters. The molecule has 3 N–H and O–H groups in total. The smallest absolute Gasteiger partial charge is 0.0621 e. The first-order valence-corrected chi connectivity index (χ1v) is 7.22. The number of nitrogens with zero attached hydrogens (tertiary/aromatic N) is 1. The maximum atomic E-state index is 6.12. The zero-order valence-electron chi connectivity index (χ0n) is 10.7. The molecule has 1 aliphatic rings. The second kappa shape index (κ2) is 7.07. The Morgan fingerprint density at radius 1 is 1.44 bits per heavy atom. The molecule has 1 fully saturated rings. The fourth-order valence-corrected chi connectivity index (χ4v) is 3.01. The van der Waals surface area contributed by atoms with Crippen LogP contribution in [-0.4, -0.2) is 11.0 Å². The summed E-state index contributed by atoms with van der Waals surface area (Å²) >= 11 is 6.12. The number of hydrogen-bond donors (Lipinski definition) is 2. The van der Waals surface area contributed by atoms with Gasteiger partial charge in [-0.1, -0.05) is 37.3 Å². The van der Waals surface area contributed by atoms with E-state index in [0.717, 1.165) is 29.3 Å². The van der Waals surface area contributed by atoms with E-state index in [-0.39, 0.29) is 0 Å². The molecule has 3 nitrogen and oxygen atoms in total. The van der Waals surface area contributed by atoms with Crippen LogP contribution < -0.4 is 11.3 Å². The number of hydrazine groups is 1. The van der Waals surface area contributed by atoms with Crippen molar-refractivity contribution < 1.29 is 0 Å². The van der Waals surface area contributed by atoms with E-state index in [1.165, 1.54) is 32.1 Å². The summed E-state index contributed by atoms with van der Waals surface area (Å²) in [5.74, 6) is 6.56. The van der Waals surface area contributed by atoms with Gasteiger partial charge >= 0.3 is 0 Å². The van der Waals surface area contributed by atoms with E-state index >= 15 is 0 Å². The Bertz CT molecular complexity index is 364. The zero-order valence-corrected chi connectivity index (χ0v) is 11.5. The Hall–Kier alpha value is -0.640. The van der Waals surface area contributed by atoms with Gasteiger partial charge in [-0.05, 0) is 36.8 Å². The normalized spacial score (nSPS) is 18.1. The molecule has 1 aliphatic carbocycles. The second-order valence-electron chi connectivity index (χ2n) is 5.26. The van der Waals surface area contributed by atoms with Gasteiger partial charge in [0.25, 0.3) is 0 Å². The van der Waals surface area contributed by atoms with E-state index < -0.39 is 0 Å². The molecular formula is C14H22ClN3. The molecule has 1 aromatic heterocycles. The van der Waals surface area contributed by atoms with E-state index in [1.807, 2.05) is 6.07 Å². The Balaban J connectivity index is 1.83. The van der Waals surface area contributed by atoms with Crippen LogP contribution in [0.3, 0.4) is 0 Å². The summed E-state index contributed by atoms with van der Waals surface area (Å²) in [6.07, 6.45) is 12.4. The molecule has 0 bridgehead atoms. The van der Waals surface area contributed by atoms with Gasteiger partial charge in [-0.2, -0.15) is 0 Å². The van der Waals surface area contributed by atoms with Crippen molar-refractivity contribution in [3.8, 4) is 0 Å². The number of pyridine rings is 1. The predicted octanol–water partition coefficient (Wildman–Crippen LogP) is 3.08. The van der Waals surface area contributed by atoms with Gasteiger partial charge in [-0.15, -0.1) is 0 Å². The molecule has 18 heavy (non-hydrogen) atoms. The minimum absolute atomic E-state index is 0.311. The first kappa shape index (κ1) is 13.8. The van der Waals surface area contributed by atoms with Crippen molar-refractivity contribution in [1.82, 2.24) is 10.4 Å². The molecule has 4 heteroatoms. The molecule has 2 rings (SSSR count). The average Bonchev–Trinajstić information content (AvgIpc) is 2.90. The van der Waals surface area contributed by atoms with Gasteiger partial charge in [0.1, 0.15) is 0 Å². The number of hydrogen-bond acceptors (Lipinski definition) is 3. The molecule has 0 aliphatic heterocycles. The van der Waals surface area contributed by atoms with Gasteiger partial charge in [-0.25, -0.2) is 0 Å². The highest BCUT2D eigenvalue weighted by Crippen LogP contribution is 2.29. The molecule has 1 saturated carbocycles. The molecule has 0 aromatic carbocycles. The van der Waals surface area contributed by atoms with Crippen molar-refractivity contribution in [1.29, 1.82) is 0 Å². The van der Waals surface area contributed by atoms with Gasteiger partial charge in [0.15, 0.2) is 0 Å². The van der Waals surface area contributed by atoms with Gasteiger partial charge in [0.2, 0.25) is 0 Å². The summed E-state index contributed by atoms with van der Waals surface area (Å²) in [4.78, 5) is 4.00. The van der Waals surface area contributed by atoms with Crippen molar-refractivity contribution in [3.63, 3.8) is 0 Å². The van der Waals surface area contributed by atoms with Crippen molar-refractivity contribution in [2.75, 3.05) is 0 Å². The fourth-order valence-electron chi connectivity index (χ4n) is 2.82. The maximum absolute atomic E-state index is 6.12. The summed E-state index contributed by atoms with van der Waals surface area (Å²) in [6.45, 7) is 0. The standard InChI is InChI=1S/C14H22ClN3/c15-14-10-17-8-7-12(14)9-13(18-16)6-5-11-3-1-2-4-11/h7-8,10-11,13,18H,1-6,9,16H2. The molecular weight excluding hydrogens is 246 g/mol. The van der Waals surface area contributed by atoms with Gasteiger partial charge in [-0.3, -0.25) is 16.3 Å². The summed E-state index contributed by atoms with van der Waals surface area (Å²) in [5.41, 5.74) is 4.05. The molecule has 0 spiro atoms. The molecule has 1 heterocycles. The molecule has 0 amide bonds. The lowest BCUT2D eigenvalue weighted by molar-refractivity contribution is 0.407. The van der Waals surface area contributed by atoms with Crippen LogP contribution in [0.25, 0.3) is 0 Å². The van der Waals surface area contributed by atoms with E-state index in [2.05, 4.69) is 10.4 Å². The number of aromatic nitrogens is 1. The van der Waals surface area contributed by atoms with Crippen LogP contribution in [0, 0.1) is 5.92 Å². The topological polar surface area (TPSA) is 50.9 Å². The Morgan fingerprint density at radius 2 is 2.22 bits per heavy atom. The second-order valence-corrected chi connectivity index (χ2v) is 5.67. The van der Waals surface area contributed by atoms with Gasteiger partial charge in [0.05, 0.1) is 5.02 Å². The van der Waals surface area contributed by atoms with Crippen molar-refractivity contribution in [3.05, 3.63) is 29.0 Å². The Labute approximate surface area is 114 Å². The van der Waals surface area contributed by atoms with Gasteiger partial charge < -0.3 is 0 Å². The van der Waals surface area contributed by atoms with Crippen LogP contribution in [0.4, 0.5) is 0 Å². The van der Waals surface area contributed by atoms with E-state index in [1.54, 1.807) is 12.4 Å². The highest BCUT2D eigenvalue weighted by atomic mass is 35.5. The predicted molar refractivity (Wildman–Crippen MR) is 75.3 cm³/mol. The summed E-state index contributed by atoms with van der Waals surface area (Å²) in [6, 6.07) is 2.29. The minimum atomic E-state index is 0.311. The minimum Gasteiger partial charge on any atom is -0.271 e. The van der Waals surface area contributed by atoms with Crippen LogP contribution in [0.2, 0.25) is 5.02 Å². The largest absolute Gasteiger partial charge is 0.271 e. The number of nitrogens with one attached hydrogen (secondary N) is 1. The summed E-state index contributed by atoms with van der Waals surface area (Å²) in [7, 11) is 0. The highest BCUT2D eigenvalue weighted by Gasteiger charge is 2.17. The third-order valence-electron chi connectivity index (χ3n) is 3.96. The SMILES string of the molecule is NNC(CCC1CCCC1)Cc1ccncc1Cl. The van der Waals surface area contributed by atoms with Crippen LogP contribution in [0.1, 0.15) is 44.1 Å². The van der Waals surface area contributed by atoms with E-state index in [9.17, 15) is 0 Å². The molecule has 0 saturated heterocycles. The first-order valence-electron chi connectivity index (χ1n) is 6.84. The molecule has 0 radical (unpaired) electrons. The van der Waals surface area contributed by atoms with Crippen molar-refractivity contribution in [2.45, 2.75) is 51.0 Å². The summed E-state index contributed by atoms with van der Waals surface area (Å²) in [5, 5.41) is 0.735. The van der Waals surface area contributed by atoms with Crippen LogP contribution >= 0.6 is 11.6 Å². The molecule has 100 valence electrons. The Kier molecular flexibility index (Phi) is 5.42. The van der Waals surface area contributed by atoms with Crippen LogP contribution in [0.15, 0.2) is 18.5 Å². The van der Waals surface area contributed by atoms with E-state index in [0.29, 0.717) is 6.04 Å². The van der Waals surface area contributed by atoms with Gasteiger partial charge in [0, 0.05) is 18.4 Å². The summed E-state index contributed by atoms with van der Waals surface area (Å²) < 4.78 is 0. The number of halogens is 1. The third-order valence-corrected chi connectivity index (χ3v) is 4.30. The third kappa shape index (κ3) is 3.94. The average molecular weight is 268 g/mol. The zero-order chi connectivity index (χ0) is 12.8. The highest BCUT2D eigenvalue weighted by molar-refractivity contribution is 6.31. The van der Waals surface area contributed by atoms with E-state index in [4.69, 9.17) is 17.4 Å². The quantitative estimate of drug-likeness (QED) is 0.615. The van der Waals surface area contributed by atoms with Crippen molar-refractivity contribution >= 4 is 11.6 Å². The molecule has 1 aromatic rings. The number of nitrogens with two attached hydrogens (primary N) is 1. The van der Waals surface area contributed by atoms with Crippen LogP contribution in [-0.2, 0) is 6.42 Å². The molecule has 1 unspecified atom stereocenters. The monoisotopic (exact) mass is 267 g/mol. The lowest BCUT2D eigenvalue weighted by Gasteiger charge is -2.18. The van der Waals surface area contributed by atoms with Crippen LogP contribution in [0.5, 0.6) is 0 Å². The number of rotatable bonds is 6. The lowest BCUT2D eigenvalue weighted by Crippen LogP contribution is -2.37. The van der Waals surface area contributed by atoms with Crippen molar-refractivity contribution in [2.24, 2.45) is 11.8 Å².